The lowest BCUT2D eigenvalue weighted by Gasteiger charge is -2.11. The zero-order valence-corrected chi connectivity index (χ0v) is 10.9. The third-order valence-electron chi connectivity index (χ3n) is 2.67. The quantitative estimate of drug-likeness (QED) is 0.746. The SMILES string of the molecule is CC(C)(C)[N+](=O)c1ccc(-c2ccccc2)cn1. The van der Waals surface area contributed by atoms with Gasteiger partial charge in [0.15, 0.2) is 0 Å². The van der Waals surface area contributed by atoms with Crippen LogP contribution in [0.2, 0.25) is 0 Å². The van der Waals surface area contributed by atoms with E-state index in [4.69, 9.17) is 0 Å². The Kier molecular flexibility index (Phi) is 3.24. The van der Waals surface area contributed by atoms with Gasteiger partial charge in [-0.3, -0.25) is 0 Å². The summed E-state index contributed by atoms with van der Waals surface area (Å²) in [4.78, 5) is 16.2. The van der Waals surface area contributed by atoms with E-state index >= 15 is 0 Å². The molecular formula is C15H17N2O+. The van der Waals surface area contributed by atoms with E-state index in [2.05, 4.69) is 4.98 Å². The predicted octanol–water partition coefficient (Wildman–Crippen LogP) is 3.96. The fourth-order valence-corrected chi connectivity index (χ4v) is 1.65. The molecule has 0 saturated heterocycles. The first-order valence-electron chi connectivity index (χ1n) is 5.97. The van der Waals surface area contributed by atoms with E-state index in [1.807, 2.05) is 57.2 Å². The maximum absolute atomic E-state index is 12.0. The van der Waals surface area contributed by atoms with Gasteiger partial charge in [0.25, 0.3) is 0 Å². The fourth-order valence-electron chi connectivity index (χ4n) is 1.65. The number of hydrogen-bond donors (Lipinski definition) is 0. The van der Waals surface area contributed by atoms with Crippen molar-refractivity contribution in [2.45, 2.75) is 26.3 Å². The molecule has 1 heterocycles. The van der Waals surface area contributed by atoms with Gasteiger partial charge in [0, 0.05) is 11.6 Å². The molecule has 2 aromatic rings. The zero-order chi connectivity index (χ0) is 13.2. The van der Waals surface area contributed by atoms with E-state index in [1.165, 1.54) is 0 Å². The van der Waals surface area contributed by atoms with Gasteiger partial charge in [0.2, 0.25) is 0 Å². The van der Waals surface area contributed by atoms with Gasteiger partial charge in [-0.25, -0.2) is 0 Å². The Morgan fingerprint density at radius 2 is 1.61 bits per heavy atom. The third-order valence-corrected chi connectivity index (χ3v) is 2.67. The molecule has 1 aromatic heterocycles. The first-order chi connectivity index (χ1) is 8.48. The standard InChI is InChI=1S/C15H17N2O/c1-15(2,3)17(18)14-10-9-13(11-16-14)12-7-5-4-6-8-12/h4-11H,1-3H3/q+1. The highest BCUT2D eigenvalue weighted by Crippen LogP contribution is 2.22. The molecule has 0 radical (unpaired) electrons. The Hall–Kier alpha value is -2.03. The van der Waals surface area contributed by atoms with Crippen LogP contribution in [0.3, 0.4) is 0 Å². The molecule has 2 rings (SSSR count). The van der Waals surface area contributed by atoms with E-state index in [9.17, 15) is 4.91 Å². The summed E-state index contributed by atoms with van der Waals surface area (Å²) >= 11 is 0. The Morgan fingerprint density at radius 3 is 2.11 bits per heavy atom. The van der Waals surface area contributed by atoms with Crippen LogP contribution in [0, 0.1) is 4.91 Å². The second kappa shape index (κ2) is 4.69. The molecule has 0 fully saturated rings. The molecular weight excluding hydrogens is 224 g/mol. The van der Waals surface area contributed by atoms with Gasteiger partial charge in [-0.1, -0.05) is 35.2 Å². The minimum atomic E-state index is -0.471. The van der Waals surface area contributed by atoms with E-state index < -0.39 is 5.54 Å². The van der Waals surface area contributed by atoms with Crippen molar-refractivity contribution < 1.29 is 4.76 Å². The molecule has 0 bridgehead atoms. The van der Waals surface area contributed by atoms with Crippen LogP contribution in [-0.2, 0) is 0 Å². The summed E-state index contributed by atoms with van der Waals surface area (Å²) in [7, 11) is 0. The van der Waals surface area contributed by atoms with Crippen molar-refractivity contribution in [2.24, 2.45) is 0 Å². The van der Waals surface area contributed by atoms with E-state index in [0.717, 1.165) is 15.9 Å². The Bertz CT molecular complexity index is 539. The van der Waals surface area contributed by atoms with Gasteiger partial charge in [-0.05, 0) is 42.1 Å². The third kappa shape index (κ3) is 2.62. The Morgan fingerprint density at radius 1 is 0.944 bits per heavy atom. The molecule has 3 heteroatoms. The van der Waals surface area contributed by atoms with Crippen molar-refractivity contribution in [3.63, 3.8) is 0 Å². The molecule has 3 nitrogen and oxygen atoms in total. The number of benzene rings is 1. The molecule has 0 aliphatic rings. The molecule has 0 spiro atoms. The molecule has 92 valence electrons. The van der Waals surface area contributed by atoms with E-state index in [1.54, 1.807) is 12.3 Å². The normalized spacial score (nSPS) is 11.3. The van der Waals surface area contributed by atoms with Gasteiger partial charge >= 0.3 is 5.82 Å². The highest BCUT2D eigenvalue weighted by molar-refractivity contribution is 5.62. The maximum atomic E-state index is 12.0. The maximum Gasteiger partial charge on any atom is 0.361 e. The van der Waals surface area contributed by atoms with Gasteiger partial charge in [0.1, 0.15) is 11.7 Å². The number of pyridine rings is 1. The van der Waals surface area contributed by atoms with Gasteiger partial charge in [-0.2, -0.15) is 0 Å². The average molecular weight is 241 g/mol. The van der Waals surface area contributed by atoms with Crippen LogP contribution in [0.15, 0.2) is 48.7 Å². The summed E-state index contributed by atoms with van der Waals surface area (Å²) in [6.07, 6.45) is 1.74. The van der Waals surface area contributed by atoms with Crippen LogP contribution >= 0.6 is 0 Å². The van der Waals surface area contributed by atoms with Crippen LogP contribution < -0.4 is 0 Å². The molecule has 0 amide bonds. The van der Waals surface area contributed by atoms with Gasteiger partial charge in [0.05, 0.1) is 0 Å². The molecule has 0 saturated carbocycles. The van der Waals surface area contributed by atoms with Crippen LogP contribution in [-0.4, -0.2) is 15.3 Å². The monoisotopic (exact) mass is 241 g/mol. The van der Waals surface area contributed by atoms with Crippen molar-refractivity contribution in [3.05, 3.63) is 53.6 Å². The number of hydrogen-bond acceptors (Lipinski definition) is 2. The Balaban J connectivity index is 2.29. The highest BCUT2D eigenvalue weighted by Gasteiger charge is 2.28. The molecule has 18 heavy (non-hydrogen) atoms. The summed E-state index contributed by atoms with van der Waals surface area (Å²) in [5.41, 5.74) is 1.65. The first-order valence-corrected chi connectivity index (χ1v) is 5.97. The van der Waals surface area contributed by atoms with Crippen molar-refractivity contribution in [1.29, 1.82) is 0 Å². The van der Waals surface area contributed by atoms with Crippen molar-refractivity contribution >= 4 is 5.82 Å². The van der Waals surface area contributed by atoms with Crippen molar-refractivity contribution in [3.8, 4) is 11.1 Å². The number of rotatable bonds is 2. The summed E-state index contributed by atoms with van der Waals surface area (Å²) < 4.78 is 0.932. The summed E-state index contributed by atoms with van der Waals surface area (Å²) in [5, 5.41) is 0. The summed E-state index contributed by atoms with van der Waals surface area (Å²) in [6.45, 7) is 5.60. The zero-order valence-electron chi connectivity index (χ0n) is 10.9. The molecule has 0 atom stereocenters. The number of nitrogens with zero attached hydrogens (tertiary/aromatic N) is 2. The first kappa shape index (κ1) is 12.4. The predicted molar refractivity (Wildman–Crippen MR) is 72.7 cm³/mol. The van der Waals surface area contributed by atoms with E-state index in [0.29, 0.717) is 5.82 Å². The minimum Gasteiger partial charge on any atom is -0.0646 e. The molecule has 0 aliphatic heterocycles. The van der Waals surface area contributed by atoms with Crippen molar-refractivity contribution in [2.75, 3.05) is 0 Å². The van der Waals surface area contributed by atoms with Gasteiger partial charge < -0.3 is 0 Å². The topological polar surface area (TPSA) is 33.0 Å². The fraction of sp³-hybridized carbons (Fsp3) is 0.267. The second-order valence-corrected chi connectivity index (χ2v) is 5.24. The van der Waals surface area contributed by atoms with E-state index in [-0.39, 0.29) is 0 Å². The van der Waals surface area contributed by atoms with Crippen LogP contribution in [0.1, 0.15) is 20.8 Å². The van der Waals surface area contributed by atoms with Crippen LogP contribution in [0.25, 0.3) is 11.1 Å². The lowest BCUT2D eigenvalue weighted by molar-refractivity contribution is -0.543. The molecule has 0 N–H and O–H groups in total. The number of aromatic nitrogens is 1. The highest BCUT2D eigenvalue weighted by atomic mass is 16.3. The van der Waals surface area contributed by atoms with Crippen molar-refractivity contribution in [1.82, 2.24) is 4.98 Å². The minimum absolute atomic E-state index is 0.446. The lowest BCUT2D eigenvalue weighted by atomic mass is 10.1. The lowest BCUT2D eigenvalue weighted by Crippen LogP contribution is -2.27. The number of nitroso groups, excluding NO2 is 1. The second-order valence-electron chi connectivity index (χ2n) is 5.24. The average Bonchev–Trinajstić information content (AvgIpc) is 2.38. The molecule has 0 unspecified atom stereocenters. The molecule has 0 aliphatic carbocycles. The summed E-state index contributed by atoms with van der Waals surface area (Å²) in [5.74, 6) is 0.446. The molecule has 1 aromatic carbocycles. The largest absolute Gasteiger partial charge is 0.361 e. The smallest absolute Gasteiger partial charge is 0.0646 e. The Labute approximate surface area is 107 Å². The summed E-state index contributed by atoms with van der Waals surface area (Å²) in [6, 6.07) is 13.7. The van der Waals surface area contributed by atoms with Crippen LogP contribution in [0.4, 0.5) is 5.82 Å². The van der Waals surface area contributed by atoms with Crippen LogP contribution in [0.5, 0.6) is 0 Å². The van der Waals surface area contributed by atoms with Gasteiger partial charge in [-0.15, -0.1) is 0 Å².